The molecule has 3 aliphatic heterocycles. The van der Waals surface area contributed by atoms with Crippen molar-refractivity contribution >= 4 is 17.7 Å². The Morgan fingerprint density at radius 2 is 1.81 bits per heavy atom. The van der Waals surface area contributed by atoms with Crippen LogP contribution in [0.1, 0.15) is 61.0 Å². The highest BCUT2D eigenvalue weighted by Crippen LogP contribution is 2.31. The second-order valence-electron chi connectivity index (χ2n) is 9.27. The van der Waals surface area contributed by atoms with Gasteiger partial charge in [-0.1, -0.05) is 6.07 Å². The van der Waals surface area contributed by atoms with Crippen LogP contribution >= 0.6 is 0 Å². The first kappa shape index (κ1) is 20.8. The Balaban J connectivity index is 1.36. The first-order valence-corrected chi connectivity index (χ1v) is 11.4. The molecule has 1 N–H and O–H groups in total. The van der Waals surface area contributed by atoms with Gasteiger partial charge in [0.05, 0.1) is 5.69 Å². The quantitative estimate of drug-likeness (QED) is 0.752. The van der Waals surface area contributed by atoms with E-state index in [9.17, 15) is 14.4 Å². The molecule has 7 heteroatoms. The van der Waals surface area contributed by atoms with Gasteiger partial charge in [-0.05, 0) is 68.5 Å². The molecule has 0 saturated carbocycles. The van der Waals surface area contributed by atoms with Crippen molar-refractivity contribution in [3.8, 4) is 11.3 Å². The number of benzene rings is 1. The van der Waals surface area contributed by atoms with Crippen LogP contribution in [0.25, 0.3) is 11.3 Å². The summed E-state index contributed by atoms with van der Waals surface area (Å²) in [5.41, 5.74) is 4.60. The monoisotopic (exact) mass is 432 g/mol. The topological polar surface area (TPSA) is 82.6 Å². The van der Waals surface area contributed by atoms with Crippen molar-refractivity contribution in [2.24, 2.45) is 0 Å². The third kappa shape index (κ3) is 3.71. The van der Waals surface area contributed by atoms with Gasteiger partial charge in [-0.3, -0.25) is 29.6 Å². The van der Waals surface area contributed by atoms with E-state index < -0.39 is 6.04 Å². The number of rotatable bonds is 4. The lowest BCUT2D eigenvalue weighted by Crippen LogP contribution is -2.52. The van der Waals surface area contributed by atoms with Gasteiger partial charge in [0.1, 0.15) is 6.04 Å². The number of amides is 3. The number of nitrogens with zero attached hydrogens (tertiary/aromatic N) is 3. The number of piperidine rings is 1. The molecule has 3 atom stereocenters. The van der Waals surface area contributed by atoms with Crippen molar-refractivity contribution in [1.29, 1.82) is 0 Å². The van der Waals surface area contributed by atoms with E-state index >= 15 is 0 Å². The molecule has 2 fully saturated rings. The summed E-state index contributed by atoms with van der Waals surface area (Å²) in [7, 11) is 0. The predicted molar refractivity (Wildman–Crippen MR) is 119 cm³/mol. The summed E-state index contributed by atoms with van der Waals surface area (Å²) in [6, 6.07) is 10.6. The number of imide groups is 1. The number of likely N-dealkylation sites (tertiary alicyclic amines) is 1. The van der Waals surface area contributed by atoms with Crippen LogP contribution in [0.5, 0.6) is 0 Å². The van der Waals surface area contributed by atoms with E-state index in [0.717, 1.165) is 23.4 Å². The summed E-state index contributed by atoms with van der Waals surface area (Å²) in [6.07, 6.45) is 4.95. The maximum absolute atomic E-state index is 12.9. The second kappa shape index (κ2) is 8.13. The fourth-order valence-electron chi connectivity index (χ4n) is 5.24. The minimum Gasteiger partial charge on any atom is -0.322 e. The van der Waals surface area contributed by atoms with Crippen molar-refractivity contribution in [2.75, 3.05) is 0 Å². The van der Waals surface area contributed by atoms with Gasteiger partial charge in [0, 0.05) is 48.9 Å². The molecule has 4 heterocycles. The Labute approximate surface area is 187 Å². The molecule has 166 valence electrons. The maximum Gasteiger partial charge on any atom is 0.255 e. The molecule has 7 nitrogen and oxygen atoms in total. The van der Waals surface area contributed by atoms with Crippen LogP contribution in [0.4, 0.5) is 0 Å². The number of hydrogen-bond donors (Lipinski definition) is 1. The van der Waals surface area contributed by atoms with E-state index in [1.807, 2.05) is 24.4 Å². The van der Waals surface area contributed by atoms with Crippen LogP contribution in [-0.4, -0.2) is 50.6 Å². The van der Waals surface area contributed by atoms with Gasteiger partial charge in [0.25, 0.3) is 5.91 Å². The molecule has 32 heavy (non-hydrogen) atoms. The van der Waals surface area contributed by atoms with Gasteiger partial charge in [-0.25, -0.2) is 0 Å². The molecular weight excluding hydrogens is 404 g/mol. The highest BCUT2D eigenvalue weighted by Gasteiger charge is 2.39. The fraction of sp³-hybridized carbons (Fsp3) is 0.440. The molecule has 0 spiro atoms. The number of aromatic nitrogens is 1. The summed E-state index contributed by atoms with van der Waals surface area (Å²) in [6.45, 7) is 5.86. The van der Waals surface area contributed by atoms with Gasteiger partial charge < -0.3 is 4.90 Å². The summed E-state index contributed by atoms with van der Waals surface area (Å²) in [4.78, 5) is 45.3. The minimum absolute atomic E-state index is 0.153. The maximum atomic E-state index is 12.9. The molecular formula is C25H28N4O3. The van der Waals surface area contributed by atoms with Gasteiger partial charge in [-0.15, -0.1) is 0 Å². The zero-order chi connectivity index (χ0) is 22.4. The summed E-state index contributed by atoms with van der Waals surface area (Å²) < 4.78 is 0. The average Bonchev–Trinajstić information content (AvgIpc) is 3.27. The Morgan fingerprint density at radius 1 is 1.03 bits per heavy atom. The molecule has 1 aromatic carbocycles. The highest BCUT2D eigenvalue weighted by molar-refractivity contribution is 6.05. The smallest absolute Gasteiger partial charge is 0.255 e. The van der Waals surface area contributed by atoms with Crippen LogP contribution in [-0.2, 0) is 22.7 Å². The fourth-order valence-corrected chi connectivity index (χ4v) is 5.24. The van der Waals surface area contributed by atoms with Crippen LogP contribution in [0.3, 0.4) is 0 Å². The third-order valence-electron chi connectivity index (χ3n) is 7.14. The molecule has 0 radical (unpaired) electrons. The lowest BCUT2D eigenvalue weighted by molar-refractivity contribution is -0.136. The molecule has 0 bridgehead atoms. The minimum atomic E-state index is -0.595. The SMILES string of the molecule is CC1CCC(C)N1Cc1ccnc(-c2ccc3c(c2)CN(C2CCC(=O)NC2=O)C3=O)c1. The van der Waals surface area contributed by atoms with Crippen LogP contribution in [0, 0.1) is 0 Å². The van der Waals surface area contributed by atoms with Crippen molar-refractivity contribution < 1.29 is 14.4 Å². The Hall–Kier alpha value is -3.06. The van der Waals surface area contributed by atoms with Gasteiger partial charge in [0.2, 0.25) is 11.8 Å². The van der Waals surface area contributed by atoms with Crippen molar-refractivity contribution in [2.45, 2.75) is 70.7 Å². The lowest BCUT2D eigenvalue weighted by atomic mass is 10.0. The van der Waals surface area contributed by atoms with Crippen LogP contribution < -0.4 is 5.32 Å². The first-order valence-electron chi connectivity index (χ1n) is 11.4. The zero-order valence-corrected chi connectivity index (χ0v) is 18.5. The van der Waals surface area contributed by atoms with Crippen molar-refractivity contribution in [1.82, 2.24) is 20.1 Å². The molecule has 2 saturated heterocycles. The normalized spacial score (nSPS) is 25.9. The Morgan fingerprint density at radius 3 is 2.56 bits per heavy atom. The van der Waals surface area contributed by atoms with Crippen molar-refractivity contribution in [3.05, 3.63) is 53.2 Å². The molecule has 3 unspecified atom stereocenters. The largest absolute Gasteiger partial charge is 0.322 e. The highest BCUT2D eigenvalue weighted by atomic mass is 16.2. The van der Waals surface area contributed by atoms with Gasteiger partial charge in [-0.2, -0.15) is 0 Å². The van der Waals surface area contributed by atoms with Crippen molar-refractivity contribution in [3.63, 3.8) is 0 Å². The van der Waals surface area contributed by atoms with E-state index in [1.54, 1.807) is 4.90 Å². The number of carbonyl (C=O) groups excluding carboxylic acids is 3. The van der Waals surface area contributed by atoms with E-state index in [1.165, 1.54) is 18.4 Å². The van der Waals surface area contributed by atoms with E-state index in [4.69, 9.17) is 0 Å². The number of carbonyl (C=O) groups is 3. The zero-order valence-electron chi connectivity index (χ0n) is 18.5. The van der Waals surface area contributed by atoms with E-state index in [-0.39, 0.29) is 24.1 Å². The summed E-state index contributed by atoms with van der Waals surface area (Å²) in [5.74, 6) is -0.816. The Bertz CT molecular complexity index is 1090. The number of pyridine rings is 1. The predicted octanol–water partition coefficient (Wildman–Crippen LogP) is 2.88. The third-order valence-corrected chi connectivity index (χ3v) is 7.14. The molecule has 0 aliphatic carbocycles. The van der Waals surface area contributed by atoms with Gasteiger partial charge >= 0.3 is 0 Å². The van der Waals surface area contributed by atoms with E-state index in [0.29, 0.717) is 30.6 Å². The molecule has 5 rings (SSSR count). The number of hydrogen-bond acceptors (Lipinski definition) is 5. The number of nitrogens with one attached hydrogen (secondary N) is 1. The first-order chi connectivity index (χ1) is 15.4. The lowest BCUT2D eigenvalue weighted by Gasteiger charge is -2.29. The number of fused-ring (bicyclic) bond motifs is 1. The Kier molecular flexibility index (Phi) is 5.29. The van der Waals surface area contributed by atoms with Crippen LogP contribution in [0.15, 0.2) is 36.5 Å². The molecule has 3 aliphatic rings. The molecule has 2 aromatic rings. The second-order valence-corrected chi connectivity index (χ2v) is 9.27. The molecule has 3 amide bonds. The standard InChI is InChI=1S/C25H28N4O3/c1-15-3-4-16(2)28(15)13-17-9-10-26-21(11-17)18-5-6-20-19(12-18)14-29(25(20)32)22-7-8-23(30)27-24(22)31/h5-6,9-12,15-16,22H,3-4,7-8,13-14H2,1-2H3,(H,27,30,31). The average molecular weight is 433 g/mol. The van der Waals surface area contributed by atoms with Crippen LogP contribution in [0.2, 0.25) is 0 Å². The summed E-state index contributed by atoms with van der Waals surface area (Å²) in [5, 5.41) is 2.35. The van der Waals surface area contributed by atoms with Gasteiger partial charge in [0.15, 0.2) is 0 Å². The molecule has 1 aromatic heterocycles. The summed E-state index contributed by atoms with van der Waals surface area (Å²) >= 11 is 0. The van der Waals surface area contributed by atoms with E-state index in [2.05, 4.69) is 41.2 Å².